The van der Waals surface area contributed by atoms with Crippen molar-refractivity contribution in [3.8, 4) is 11.8 Å². The molecule has 1 atom stereocenters. The van der Waals surface area contributed by atoms with Crippen molar-refractivity contribution in [2.24, 2.45) is 5.92 Å². The average Bonchev–Trinajstić information content (AvgIpc) is 3.23. The van der Waals surface area contributed by atoms with E-state index in [1.54, 1.807) is 0 Å². The second-order valence-corrected chi connectivity index (χ2v) is 4.75. The molecule has 1 saturated carbocycles. The fraction of sp³-hybridized carbons (Fsp3) is 0.500. The summed E-state index contributed by atoms with van der Waals surface area (Å²) in [7, 11) is 0. The van der Waals surface area contributed by atoms with Crippen LogP contribution in [0.5, 0.6) is 5.75 Å². The molecule has 0 radical (unpaired) electrons. The van der Waals surface area contributed by atoms with E-state index in [9.17, 15) is 14.0 Å². The highest BCUT2D eigenvalue weighted by atomic mass is 19.2. The van der Waals surface area contributed by atoms with Crippen LogP contribution >= 0.6 is 0 Å². The van der Waals surface area contributed by atoms with Crippen LogP contribution in [0, 0.1) is 28.9 Å². The molecule has 0 heterocycles. The summed E-state index contributed by atoms with van der Waals surface area (Å²) in [6, 6.07) is 5.64. The molecule has 0 aliphatic heterocycles. The Balaban J connectivity index is 2.06. The van der Waals surface area contributed by atoms with Gasteiger partial charge in [-0.15, -0.1) is 0 Å². The van der Waals surface area contributed by atoms with Crippen molar-refractivity contribution in [3.63, 3.8) is 0 Å². The standard InChI is InChI=1S/C14H16F2N2O/c1-2-18-14(8-17,10-3-4-10)9-19-11-5-6-12(15)13(16)7-11/h5-7,10,18H,2-4,9H2,1H3. The number of nitrogens with zero attached hydrogens (tertiary/aromatic N) is 1. The minimum absolute atomic E-state index is 0.132. The molecular formula is C14H16F2N2O. The van der Waals surface area contributed by atoms with Crippen LogP contribution in [-0.4, -0.2) is 18.7 Å². The first-order chi connectivity index (χ1) is 9.11. The van der Waals surface area contributed by atoms with Gasteiger partial charge in [-0.3, -0.25) is 5.32 Å². The number of ether oxygens (including phenoxy) is 1. The van der Waals surface area contributed by atoms with E-state index < -0.39 is 17.2 Å². The molecule has 0 amide bonds. The lowest BCUT2D eigenvalue weighted by Crippen LogP contribution is -2.50. The summed E-state index contributed by atoms with van der Waals surface area (Å²) >= 11 is 0. The van der Waals surface area contributed by atoms with E-state index in [4.69, 9.17) is 4.74 Å². The van der Waals surface area contributed by atoms with E-state index in [1.165, 1.54) is 6.07 Å². The van der Waals surface area contributed by atoms with E-state index in [1.807, 2.05) is 6.92 Å². The van der Waals surface area contributed by atoms with Gasteiger partial charge in [0.2, 0.25) is 0 Å². The van der Waals surface area contributed by atoms with Gasteiger partial charge in [0.1, 0.15) is 17.9 Å². The number of hydrogen-bond acceptors (Lipinski definition) is 3. The number of rotatable bonds is 6. The van der Waals surface area contributed by atoms with Crippen molar-refractivity contribution < 1.29 is 13.5 Å². The van der Waals surface area contributed by atoms with Gasteiger partial charge in [-0.25, -0.2) is 8.78 Å². The molecule has 19 heavy (non-hydrogen) atoms. The number of nitriles is 1. The van der Waals surface area contributed by atoms with Crippen molar-refractivity contribution >= 4 is 0 Å². The van der Waals surface area contributed by atoms with Crippen LogP contribution in [0.1, 0.15) is 19.8 Å². The van der Waals surface area contributed by atoms with Crippen LogP contribution in [0.2, 0.25) is 0 Å². The molecular weight excluding hydrogens is 250 g/mol. The maximum absolute atomic E-state index is 13.1. The molecule has 0 aromatic heterocycles. The van der Waals surface area contributed by atoms with Crippen molar-refractivity contribution in [1.82, 2.24) is 5.32 Å². The molecule has 0 saturated heterocycles. The van der Waals surface area contributed by atoms with Gasteiger partial charge in [-0.05, 0) is 37.4 Å². The summed E-state index contributed by atoms with van der Waals surface area (Å²) in [6.45, 7) is 2.71. The Labute approximate surface area is 111 Å². The Kier molecular flexibility index (Phi) is 4.01. The van der Waals surface area contributed by atoms with Gasteiger partial charge >= 0.3 is 0 Å². The summed E-state index contributed by atoms with van der Waals surface area (Å²) in [5.74, 6) is -1.36. The second-order valence-electron chi connectivity index (χ2n) is 4.75. The summed E-state index contributed by atoms with van der Waals surface area (Å²) in [4.78, 5) is 0. The molecule has 1 aliphatic rings. The van der Waals surface area contributed by atoms with Crippen LogP contribution in [0.25, 0.3) is 0 Å². The lowest BCUT2D eigenvalue weighted by molar-refractivity contribution is 0.203. The Morgan fingerprint density at radius 2 is 2.16 bits per heavy atom. The first-order valence-corrected chi connectivity index (χ1v) is 6.35. The molecule has 1 aliphatic carbocycles. The fourth-order valence-electron chi connectivity index (χ4n) is 2.13. The number of halogens is 2. The van der Waals surface area contributed by atoms with E-state index in [0.29, 0.717) is 6.54 Å². The number of likely N-dealkylation sites (N-methyl/N-ethyl adjacent to an activating group) is 1. The third-order valence-corrected chi connectivity index (χ3v) is 3.32. The quantitative estimate of drug-likeness (QED) is 0.861. The zero-order chi connectivity index (χ0) is 13.9. The van der Waals surface area contributed by atoms with Gasteiger partial charge in [0, 0.05) is 6.07 Å². The highest BCUT2D eigenvalue weighted by Crippen LogP contribution is 2.39. The summed E-state index contributed by atoms with van der Waals surface area (Å²) in [5.41, 5.74) is -0.736. The fourth-order valence-corrected chi connectivity index (χ4v) is 2.13. The van der Waals surface area contributed by atoms with Gasteiger partial charge in [0.15, 0.2) is 11.6 Å². The maximum Gasteiger partial charge on any atom is 0.162 e. The summed E-state index contributed by atoms with van der Waals surface area (Å²) in [6.07, 6.45) is 1.98. The van der Waals surface area contributed by atoms with Crippen molar-refractivity contribution in [2.75, 3.05) is 13.2 Å². The Bertz CT molecular complexity index is 497. The predicted molar refractivity (Wildman–Crippen MR) is 66.6 cm³/mol. The van der Waals surface area contributed by atoms with Crippen molar-refractivity contribution in [2.45, 2.75) is 25.3 Å². The zero-order valence-corrected chi connectivity index (χ0v) is 10.7. The molecule has 5 heteroatoms. The normalized spacial score (nSPS) is 17.6. The van der Waals surface area contributed by atoms with Gasteiger partial charge in [-0.2, -0.15) is 5.26 Å². The molecule has 1 aromatic rings. The number of nitrogens with one attached hydrogen (secondary N) is 1. The largest absolute Gasteiger partial charge is 0.490 e. The van der Waals surface area contributed by atoms with Crippen molar-refractivity contribution in [3.05, 3.63) is 29.8 Å². The van der Waals surface area contributed by atoms with Crippen LogP contribution in [-0.2, 0) is 0 Å². The third kappa shape index (κ3) is 3.02. The molecule has 1 unspecified atom stereocenters. The van der Waals surface area contributed by atoms with Gasteiger partial charge < -0.3 is 4.74 Å². The van der Waals surface area contributed by atoms with Crippen molar-refractivity contribution in [1.29, 1.82) is 5.26 Å². The highest BCUT2D eigenvalue weighted by Gasteiger charge is 2.46. The van der Waals surface area contributed by atoms with Crippen LogP contribution in [0.3, 0.4) is 0 Å². The minimum Gasteiger partial charge on any atom is -0.490 e. The molecule has 0 spiro atoms. The van der Waals surface area contributed by atoms with E-state index in [2.05, 4.69) is 11.4 Å². The van der Waals surface area contributed by atoms with E-state index in [-0.39, 0.29) is 18.3 Å². The molecule has 102 valence electrons. The second kappa shape index (κ2) is 5.54. The minimum atomic E-state index is -0.949. The number of hydrogen-bond donors (Lipinski definition) is 1. The van der Waals surface area contributed by atoms with Crippen LogP contribution in [0.4, 0.5) is 8.78 Å². The molecule has 0 bridgehead atoms. The van der Waals surface area contributed by atoms with E-state index in [0.717, 1.165) is 25.0 Å². The molecule has 1 aromatic carbocycles. The molecule has 2 rings (SSSR count). The van der Waals surface area contributed by atoms with Gasteiger partial charge in [0.05, 0.1) is 6.07 Å². The van der Waals surface area contributed by atoms with Gasteiger partial charge in [-0.1, -0.05) is 6.92 Å². The van der Waals surface area contributed by atoms with Gasteiger partial charge in [0.25, 0.3) is 0 Å². The summed E-state index contributed by atoms with van der Waals surface area (Å²) < 4.78 is 31.3. The van der Waals surface area contributed by atoms with Crippen LogP contribution in [0.15, 0.2) is 18.2 Å². The average molecular weight is 266 g/mol. The maximum atomic E-state index is 13.1. The lowest BCUT2D eigenvalue weighted by Gasteiger charge is -2.27. The highest BCUT2D eigenvalue weighted by molar-refractivity contribution is 5.25. The topological polar surface area (TPSA) is 45.0 Å². The Hall–Kier alpha value is -1.67. The SMILES string of the molecule is CCNC(C#N)(COc1ccc(F)c(F)c1)C1CC1. The first kappa shape index (κ1) is 13.8. The first-order valence-electron chi connectivity index (χ1n) is 6.35. The van der Waals surface area contributed by atoms with Crippen LogP contribution < -0.4 is 10.1 Å². The monoisotopic (exact) mass is 266 g/mol. The molecule has 1 N–H and O–H groups in total. The number of benzene rings is 1. The summed E-state index contributed by atoms with van der Waals surface area (Å²) in [5, 5.41) is 12.5. The Morgan fingerprint density at radius 1 is 1.42 bits per heavy atom. The predicted octanol–water partition coefficient (Wildman–Crippen LogP) is 2.63. The Morgan fingerprint density at radius 3 is 2.68 bits per heavy atom. The lowest BCUT2D eigenvalue weighted by atomic mass is 9.96. The van der Waals surface area contributed by atoms with E-state index >= 15 is 0 Å². The smallest absolute Gasteiger partial charge is 0.162 e. The molecule has 3 nitrogen and oxygen atoms in total. The zero-order valence-electron chi connectivity index (χ0n) is 10.7. The molecule has 1 fully saturated rings. The third-order valence-electron chi connectivity index (χ3n) is 3.32.